The molecule has 2 aromatic rings. The largest absolute Gasteiger partial charge is 0.481 e. The predicted molar refractivity (Wildman–Crippen MR) is 143 cm³/mol. The van der Waals surface area contributed by atoms with Crippen LogP contribution in [-0.4, -0.2) is 71.8 Å². The summed E-state index contributed by atoms with van der Waals surface area (Å²) in [5.74, 6) is -14.4. The fourth-order valence-corrected chi connectivity index (χ4v) is 4.58. The number of ether oxygens (including phenoxy) is 1. The van der Waals surface area contributed by atoms with E-state index in [0.29, 0.717) is 6.42 Å². The van der Waals surface area contributed by atoms with Crippen molar-refractivity contribution in [3.05, 3.63) is 64.2 Å². The maximum atomic E-state index is 13.8. The molecule has 1 saturated heterocycles. The van der Waals surface area contributed by atoms with Crippen molar-refractivity contribution < 1.29 is 51.4 Å². The van der Waals surface area contributed by atoms with E-state index in [2.05, 4.69) is 15.4 Å². The summed E-state index contributed by atoms with van der Waals surface area (Å²) in [4.78, 5) is 62.9. The van der Waals surface area contributed by atoms with E-state index in [9.17, 15) is 41.5 Å². The van der Waals surface area contributed by atoms with Gasteiger partial charge >= 0.3 is 17.8 Å². The first kappa shape index (κ1) is 33.0. The zero-order valence-corrected chi connectivity index (χ0v) is 23.5. The lowest BCUT2D eigenvalue weighted by atomic mass is 9.95. The fraction of sp³-hybridized carbons (Fsp3) is 0.414. The number of rotatable bonds is 11. The Morgan fingerprint density at radius 1 is 1.00 bits per heavy atom. The zero-order chi connectivity index (χ0) is 31.8. The standard InChI is InChI=1S/C29H31F4N3O7/c1-15-3-4-16(2)18(11-15)5-8-34-28(41)29(42)36-9-6-17(7-10-36)27(40)35-21(13-23(38)39)22(37)14-43-26-24(32)19(30)12-20(31)25(26)33/h3-4,11-12,17,21H,5-10,13-14H2,1-2H3,(H,34,41)(H,35,40)(H,38,39)/t21-/m0/s1. The fourth-order valence-electron chi connectivity index (χ4n) is 4.58. The number of carboxylic acid groups (broad SMARTS) is 1. The highest BCUT2D eigenvalue weighted by Gasteiger charge is 2.33. The summed E-state index contributed by atoms with van der Waals surface area (Å²) >= 11 is 0. The third kappa shape index (κ3) is 8.75. The molecule has 0 aliphatic carbocycles. The Bertz CT molecular complexity index is 1380. The van der Waals surface area contributed by atoms with E-state index >= 15 is 0 Å². The number of halogens is 4. The number of benzene rings is 2. The van der Waals surface area contributed by atoms with Crippen molar-refractivity contribution >= 4 is 29.5 Å². The number of piperidine rings is 1. The number of nitrogens with one attached hydrogen (secondary N) is 2. The van der Waals surface area contributed by atoms with Gasteiger partial charge in [-0.05, 0) is 44.2 Å². The molecule has 0 saturated carbocycles. The van der Waals surface area contributed by atoms with Crippen molar-refractivity contribution in [1.29, 1.82) is 0 Å². The summed E-state index contributed by atoms with van der Waals surface area (Å²) < 4.78 is 59.0. The molecule has 3 rings (SSSR count). The molecule has 1 atom stereocenters. The highest BCUT2D eigenvalue weighted by molar-refractivity contribution is 6.35. The minimum atomic E-state index is -1.89. The summed E-state index contributed by atoms with van der Waals surface area (Å²) in [6.45, 7) is 3.06. The van der Waals surface area contributed by atoms with Gasteiger partial charge in [0, 0.05) is 31.6 Å². The number of carbonyl (C=O) groups excluding carboxylic acids is 4. The Kier molecular flexibility index (Phi) is 11.2. The Hall–Kier alpha value is -4.49. The van der Waals surface area contributed by atoms with Gasteiger partial charge in [0.05, 0.1) is 6.42 Å². The molecule has 3 amide bonds. The second kappa shape index (κ2) is 14.6. The first-order chi connectivity index (χ1) is 20.3. The molecule has 10 nitrogen and oxygen atoms in total. The molecule has 1 aliphatic rings. The number of aryl methyl sites for hydroxylation is 2. The molecule has 1 aliphatic heterocycles. The molecule has 14 heteroatoms. The molecule has 1 heterocycles. The lowest BCUT2D eigenvalue weighted by molar-refractivity contribution is -0.147. The maximum Gasteiger partial charge on any atom is 0.311 e. The number of carbonyl (C=O) groups is 5. The van der Waals surface area contributed by atoms with Crippen molar-refractivity contribution in [3.63, 3.8) is 0 Å². The van der Waals surface area contributed by atoms with Crippen LogP contribution in [0.5, 0.6) is 5.75 Å². The third-order valence-corrected chi connectivity index (χ3v) is 7.05. The van der Waals surface area contributed by atoms with Gasteiger partial charge < -0.3 is 25.4 Å². The maximum absolute atomic E-state index is 13.8. The number of nitrogens with zero attached hydrogens (tertiary/aromatic N) is 1. The van der Waals surface area contributed by atoms with Crippen LogP contribution >= 0.6 is 0 Å². The van der Waals surface area contributed by atoms with Crippen LogP contribution < -0.4 is 15.4 Å². The summed E-state index contributed by atoms with van der Waals surface area (Å²) in [7, 11) is 0. The third-order valence-electron chi connectivity index (χ3n) is 7.05. The number of amides is 3. The molecule has 0 radical (unpaired) electrons. The monoisotopic (exact) mass is 609 g/mol. The summed E-state index contributed by atoms with van der Waals surface area (Å²) in [5.41, 5.74) is 3.19. The summed E-state index contributed by atoms with van der Waals surface area (Å²) in [6.07, 6.45) is -0.150. The first-order valence-electron chi connectivity index (χ1n) is 13.4. The molecular weight excluding hydrogens is 578 g/mol. The number of Topliss-reactive ketones (excluding diaryl/α,β-unsaturated/α-hetero) is 1. The SMILES string of the molecule is Cc1ccc(C)c(CCNC(=O)C(=O)N2CCC(C(=O)N[C@@H](CC(=O)O)C(=O)COc3c(F)c(F)cc(F)c3F)CC2)c1. The van der Waals surface area contributed by atoms with Crippen LogP contribution in [0.3, 0.4) is 0 Å². The van der Waals surface area contributed by atoms with Crippen LogP contribution in [0.15, 0.2) is 24.3 Å². The van der Waals surface area contributed by atoms with Gasteiger partial charge in [0.1, 0.15) is 12.6 Å². The average molecular weight is 610 g/mol. The Morgan fingerprint density at radius 2 is 1.63 bits per heavy atom. The van der Waals surface area contributed by atoms with Gasteiger partial charge in [-0.15, -0.1) is 0 Å². The van der Waals surface area contributed by atoms with Gasteiger partial charge in [0.25, 0.3) is 0 Å². The lowest BCUT2D eigenvalue weighted by Crippen LogP contribution is -2.51. The Labute approximate surface area is 244 Å². The molecule has 0 spiro atoms. The number of carboxylic acids is 1. The van der Waals surface area contributed by atoms with E-state index in [0.717, 1.165) is 16.7 Å². The van der Waals surface area contributed by atoms with Crippen LogP contribution in [-0.2, 0) is 30.4 Å². The minimum Gasteiger partial charge on any atom is -0.481 e. The van der Waals surface area contributed by atoms with Crippen molar-refractivity contribution in [2.75, 3.05) is 26.2 Å². The summed E-state index contributed by atoms with van der Waals surface area (Å²) in [6, 6.07) is 4.23. The zero-order valence-electron chi connectivity index (χ0n) is 23.5. The molecule has 232 valence electrons. The summed E-state index contributed by atoms with van der Waals surface area (Å²) in [5, 5.41) is 14.0. The average Bonchev–Trinajstić information content (AvgIpc) is 2.96. The van der Waals surface area contributed by atoms with Crippen LogP contribution in [0.1, 0.15) is 36.0 Å². The lowest BCUT2D eigenvalue weighted by Gasteiger charge is -2.31. The van der Waals surface area contributed by atoms with Gasteiger partial charge in [0.2, 0.25) is 17.5 Å². The van der Waals surface area contributed by atoms with Crippen LogP contribution in [0.25, 0.3) is 0 Å². The second-order valence-corrected chi connectivity index (χ2v) is 10.2. The van der Waals surface area contributed by atoms with Gasteiger partial charge in [-0.1, -0.05) is 23.8 Å². The van der Waals surface area contributed by atoms with Crippen molar-refractivity contribution in [1.82, 2.24) is 15.5 Å². The van der Waals surface area contributed by atoms with Crippen molar-refractivity contribution in [3.8, 4) is 5.75 Å². The minimum absolute atomic E-state index is 0.0473. The smallest absolute Gasteiger partial charge is 0.311 e. The molecule has 3 N–H and O–H groups in total. The topological polar surface area (TPSA) is 142 Å². The quantitative estimate of drug-likeness (QED) is 0.202. The van der Waals surface area contributed by atoms with Gasteiger partial charge in [-0.25, -0.2) is 8.78 Å². The Balaban J connectivity index is 1.50. The van der Waals surface area contributed by atoms with Gasteiger partial charge in [-0.3, -0.25) is 24.0 Å². The predicted octanol–water partition coefficient (Wildman–Crippen LogP) is 2.36. The van der Waals surface area contributed by atoms with Crippen molar-refractivity contribution in [2.45, 2.75) is 45.6 Å². The normalized spacial score (nSPS) is 14.1. The molecule has 1 fully saturated rings. The van der Waals surface area contributed by atoms with Crippen LogP contribution in [0.4, 0.5) is 17.6 Å². The molecule has 43 heavy (non-hydrogen) atoms. The highest BCUT2D eigenvalue weighted by Crippen LogP contribution is 2.26. The van der Waals surface area contributed by atoms with Gasteiger partial charge in [0.15, 0.2) is 23.2 Å². The van der Waals surface area contributed by atoms with E-state index in [1.54, 1.807) is 0 Å². The number of likely N-dealkylation sites (tertiary alicyclic amines) is 1. The molecular formula is C29H31F4N3O7. The van der Waals surface area contributed by atoms with E-state index in [-0.39, 0.29) is 38.5 Å². The molecule has 0 bridgehead atoms. The highest BCUT2D eigenvalue weighted by atomic mass is 19.2. The van der Waals surface area contributed by atoms with E-state index < -0.39 is 83.5 Å². The number of hydrogen-bond acceptors (Lipinski definition) is 6. The Morgan fingerprint density at radius 3 is 2.23 bits per heavy atom. The number of ketones is 1. The molecule has 0 unspecified atom stereocenters. The van der Waals surface area contributed by atoms with E-state index in [1.165, 1.54) is 4.90 Å². The number of hydrogen-bond donors (Lipinski definition) is 3. The second-order valence-electron chi connectivity index (χ2n) is 10.2. The van der Waals surface area contributed by atoms with Crippen molar-refractivity contribution in [2.24, 2.45) is 5.92 Å². The molecule has 0 aromatic heterocycles. The van der Waals surface area contributed by atoms with E-state index in [4.69, 9.17) is 5.11 Å². The first-order valence-corrected chi connectivity index (χ1v) is 13.4. The van der Waals surface area contributed by atoms with Crippen LogP contribution in [0, 0.1) is 43.0 Å². The van der Waals surface area contributed by atoms with Crippen LogP contribution in [0.2, 0.25) is 0 Å². The number of aliphatic carboxylic acids is 1. The van der Waals surface area contributed by atoms with Gasteiger partial charge in [-0.2, -0.15) is 8.78 Å². The van der Waals surface area contributed by atoms with E-state index in [1.807, 2.05) is 32.0 Å². The molecule has 2 aromatic carbocycles.